The molecule has 2 aromatic heterocycles. The number of rotatable bonds is 6. The minimum Gasteiger partial charge on any atom is -0.487 e. The molecule has 0 saturated carbocycles. The van der Waals surface area contributed by atoms with Crippen LogP contribution in [-0.2, 0) is 6.61 Å². The van der Waals surface area contributed by atoms with Crippen LogP contribution in [-0.4, -0.2) is 26.4 Å². The van der Waals surface area contributed by atoms with Gasteiger partial charge in [0.15, 0.2) is 0 Å². The number of nitrogens with zero attached hydrogens (tertiary/aromatic N) is 1. The molecule has 3 aromatic rings. The van der Waals surface area contributed by atoms with Gasteiger partial charge in [0.2, 0.25) is 0 Å². The fourth-order valence-electron chi connectivity index (χ4n) is 3.12. The quantitative estimate of drug-likeness (QED) is 0.486. The van der Waals surface area contributed by atoms with Gasteiger partial charge in [0.05, 0.1) is 12.3 Å². The summed E-state index contributed by atoms with van der Waals surface area (Å²) in [6.45, 7) is 2.41. The maximum atomic E-state index is 13.8. The third-order valence-electron chi connectivity index (χ3n) is 4.70. The Labute approximate surface area is 183 Å². The summed E-state index contributed by atoms with van der Waals surface area (Å²) in [7, 11) is 0. The van der Waals surface area contributed by atoms with Crippen LogP contribution in [0, 0.1) is 25.5 Å². The molecule has 1 unspecified atom stereocenters. The molecule has 0 radical (unpaired) electrons. The van der Waals surface area contributed by atoms with E-state index >= 15 is 0 Å². The molecule has 0 spiro atoms. The van der Waals surface area contributed by atoms with Gasteiger partial charge in [-0.15, -0.1) is 0 Å². The smallest absolute Gasteiger partial charge is 0.273 e. The van der Waals surface area contributed by atoms with Crippen LogP contribution >= 0.6 is 15.9 Å². The molecule has 0 aliphatic rings. The van der Waals surface area contributed by atoms with E-state index in [0.29, 0.717) is 11.3 Å². The monoisotopic (exact) mass is 496 g/mol. The van der Waals surface area contributed by atoms with Crippen LogP contribution in [0.3, 0.4) is 0 Å². The second-order valence-corrected chi connectivity index (χ2v) is 7.70. The SMILES string of the molecule is Cc1cc(-n2c(C)cc(OCc3ccc(F)cc3F)c(Br)c2=O)c(=O)[nH]c1C(O)CO. The molecule has 10 heteroatoms. The average molecular weight is 497 g/mol. The molecule has 31 heavy (non-hydrogen) atoms. The number of aryl methyl sites for hydroxylation is 2. The van der Waals surface area contributed by atoms with Crippen molar-refractivity contribution in [3.05, 3.63) is 89.7 Å². The molecule has 0 saturated heterocycles. The summed E-state index contributed by atoms with van der Waals surface area (Å²) in [4.78, 5) is 28.0. The zero-order chi connectivity index (χ0) is 22.9. The van der Waals surface area contributed by atoms with Crippen molar-refractivity contribution >= 4 is 15.9 Å². The number of aliphatic hydroxyl groups excluding tert-OH is 2. The van der Waals surface area contributed by atoms with Crippen molar-refractivity contribution in [2.75, 3.05) is 6.61 Å². The maximum Gasteiger partial charge on any atom is 0.273 e. The van der Waals surface area contributed by atoms with Crippen LogP contribution in [0.1, 0.15) is 28.6 Å². The maximum absolute atomic E-state index is 13.8. The predicted octanol–water partition coefficient (Wildman–Crippen LogP) is 2.79. The molecule has 0 amide bonds. The van der Waals surface area contributed by atoms with Crippen molar-refractivity contribution in [2.45, 2.75) is 26.6 Å². The Morgan fingerprint density at radius 1 is 1.19 bits per heavy atom. The standard InChI is InChI=1S/C21H19BrF2N2O5/c1-10-5-15(20(29)25-19(10)16(28)8-27)26-11(2)6-17(18(22)21(26)30)31-9-12-3-4-13(23)7-14(12)24/h3-7,16,27-28H,8-9H2,1-2H3,(H,25,29). The topological polar surface area (TPSA) is 105 Å². The van der Waals surface area contributed by atoms with Crippen LogP contribution in [0.25, 0.3) is 5.69 Å². The van der Waals surface area contributed by atoms with E-state index < -0.39 is 35.5 Å². The Morgan fingerprint density at radius 2 is 1.90 bits per heavy atom. The van der Waals surface area contributed by atoms with Crippen molar-refractivity contribution in [2.24, 2.45) is 0 Å². The first-order valence-electron chi connectivity index (χ1n) is 9.16. The van der Waals surface area contributed by atoms with Gasteiger partial charge in [-0.3, -0.25) is 14.2 Å². The molecule has 1 atom stereocenters. The van der Waals surface area contributed by atoms with Crippen molar-refractivity contribution in [3.63, 3.8) is 0 Å². The van der Waals surface area contributed by atoms with Gasteiger partial charge in [-0.05, 0) is 53.5 Å². The van der Waals surface area contributed by atoms with Gasteiger partial charge in [-0.1, -0.05) is 0 Å². The molecular formula is C21H19BrF2N2O5. The number of hydrogen-bond donors (Lipinski definition) is 3. The number of ether oxygens (including phenoxy) is 1. The summed E-state index contributed by atoms with van der Waals surface area (Å²) >= 11 is 3.16. The van der Waals surface area contributed by atoms with E-state index in [2.05, 4.69) is 20.9 Å². The third kappa shape index (κ3) is 4.60. The van der Waals surface area contributed by atoms with Crippen LogP contribution in [0.5, 0.6) is 5.75 Å². The number of aromatic nitrogens is 2. The summed E-state index contributed by atoms with van der Waals surface area (Å²) < 4.78 is 33.6. The predicted molar refractivity (Wildman–Crippen MR) is 113 cm³/mol. The third-order valence-corrected chi connectivity index (χ3v) is 5.43. The van der Waals surface area contributed by atoms with E-state index in [1.807, 2.05) is 0 Å². The van der Waals surface area contributed by atoms with E-state index in [4.69, 9.17) is 9.84 Å². The number of benzene rings is 1. The Balaban J connectivity index is 2.00. The lowest BCUT2D eigenvalue weighted by atomic mass is 10.1. The Bertz CT molecular complexity index is 1260. The fourth-order valence-corrected chi connectivity index (χ4v) is 3.52. The lowest BCUT2D eigenvalue weighted by Gasteiger charge is -2.16. The minimum atomic E-state index is -1.26. The molecule has 7 nitrogen and oxygen atoms in total. The zero-order valence-corrected chi connectivity index (χ0v) is 18.2. The van der Waals surface area contributed by atoms with Crippen LogP contribution in [0.2, 0.25) is 0 Å². The van der Waals surface area contributed by atoms with Crippen molar-refractivity contribution in [1.29, 1.82) is 0 Å². The first kappa shape index (κ1) is 22.9. The lowest BCUT2D eigenvalue weighted by molar-refractivity contribution is 0.0915. The number of hydrogen-bond acceptors (Lipinski definition) is 5. The normalized spacial score (nSPS) is 12.1. The lowest BCUT2D eigenvalue weighted by Crippen LogP contribution is -2.29. The summed E-state index contributed by atoms with van der Waals surface area (Å²) in [6.07, 6.45) is -1.26. The van der Waals surface area contributed by atoms with Gasteiger partial charge >= 0.3 is 0 Å². The van der Waals surface area contributed by atoms with Gasteiger partial charge in [0.25, 0.3) is 11.1 Å². The van der Waals surface area contributed by atoms with Gasteiger partial charge < -0.3 is 19.9 Å². The van der Waals surface area contributed by atoms with E-state index in [9.17, 15) is 23.5 Å². The highest BCUT2D eigenvalue weighted by molar-refractivity contribution is 9.10. The van der Waals surface area contributed by atoms with Gasteiger partial charge in [-0.2, -0.15) is 0 Å². The van der Waals surface area contributed by atoms with Gasteiger partial charge in [-0.25, -0.2) is 8.78 Å². The number of aromatic amines is 1. The van der Waals surface area contributed by atoms with Crippen molar-refractivity contribution < 1.29 is 23.7 Å². The Hall–Kier alpha value is -2.82. The van der Waals surface area contributed by atoms with Gasteiger partial charge in [0, 0.05) is 23.4 Å². The molecule has 164 valence electrons. The Morgan fingerprint density at radius 3 is 2.55 bits per heavy atom. The second-order valence-electron chi connectivity index (χ2n) is 6.91. The molecule has 3 N–H and O–H groups in total. The highest BCUT2D eigenvalue weighted by Crippen LogP contribution is 2.25. The number of halogens is 3. The highest BCUT2D eigenvalue weighted by Gasteiger charge is 2.19. The highest BCUT2D eigenvalue weighted by atomic mass is 79.9. The molecule has 0 fully saturated rings. The van der Waals surface area contributed by atoms with Crippen LogP contribution in [0.4, 0.5) is 8.78 Å². The summed E-state index contributed by atoms with van der Waals surface area (Å²) in [6, 6.07) is 6.02. The summed E-state index contributed by atoms with van der Waals surface area (Å²) in [5, 5.41) is 18.9. The molecular weight excluding hydrogens is 478 g/mol. The van der Waals surface area contributed by atoms with Crippen LogP contribution < -0.4 is 15.9 Å². The molecule has 3 rings (SSSR count). The number of H-pyrrole nitrogens is 1. The van der Waals surface area contributed by atoms with E-state index in [0.717, 1.165) is 16.7 Å². The van der Waals surface area contributed by atoms with E-state index in [1.165, 1.54) is 18.2 Å². The zero-order valence-electron chi connectivity index (χ0n) is 16.6. The summed E-state index contributed by atoms with van der Waals surface area (Å²) in [5.41, 5.74) is -0.0933. The fraction of sp³-hybridized carbons (Fsp3) is 0.238. The molecule has 0 aliphatic carbocycles. The Kier molecular flexibility index (Phi) is 6.73. The first-order chi connectivity index (χ1) is 14.6. The average Bonchev–Trinajstić information content (AvgIpc) is 2.72. The number of nitrogens with one attached hydrogen (secondary N) is 1. The first-order valence-corrected chi connectivity index (χ1v) is 9.95. The second kappa shape index (κ2) is 9.13. The molecule has 2 heterocycles. The molecule has 1 aromatic carbocycles. The molecule has 0 bridgehead atoms. The van der Waals surface area contributed by atoms with Crippen molar-refractivity contribution in [3.8, 4) is 11.4 Å². The van der Waals surface area contributed by atoms with Crippen molar-refractivity contribution in [1.82, 2.24) is 9.55 Å². The molecule has 0 aliphatic heterocycles. The number of pyridine rings is 2. The van der Waals surface area contributed by atoms with E-state index in [1.54, 1.807) is 13.8 Å². The summed E-state index contributed by atoms with van der Waals surface area (Å²) in [5.74, 6) is -1.35. The van der Waals surface area contributed by atoms with E-state index in [-0.39, 0.29) is 33.8 Å². The largest absolute Gasteiger partial charge is 0.487 e. The van der Waals surface area contributed by atoms with Gasteiger partial charge in [0.1, 0.15) is 40.3 Å². The van der Waals surface area contributed by atoms with Crippen LogP contribution in [0.15, 0.2) is 44.4 Å². The minimum absolute atomic E-state index is 0.0112. The number of aliphatic hydroxyl groups is 2.